The van der Waals surface area contributed by atoms with Crippen molar-refractivity contribution < 1.29 is 24.7 Å². The summed E-state index contributed by atoms with van der Waals surface area (Å²) in [4.78, 5) is 24.0. The number of nitrogens with zero attached hydrogens (tertiary/aromatic N) is 2. The van der Waals surface area contributed by atoms with Crippen molar-refractivity contribution in [2.45, 2.75) is 49.2 Å². The van der Waals surface area contributed by atoms with Crippen LogP contribution < -0.4 is 0 Å². The van der Waals surface area contributed by atoms with E-state index in [2.05, 4.69) is 0 Å². The van der Waals surface area contributed by atoms with Crippen molar-refractivity contribution in [3.05, 3.63) is 35.4 Å². The van der Waals surface area contributed by atoms with Crippen molar-refractivity contribution in [3.63, 3.8) is 0 Å². The summed E-state index contributed by atoms with van der Waals surface area (Å²) in [5.74, 6) is -0.575. The fourth-order valence-electron chi connectivity index (χ4n) is 4.70. The molecule has 0 bridgehead atoms. The number of ketones is 1. The molecule has 24 heavy (non-hydrogen) atoms. The molecule has 1 saturated heterocycles. The topological polar surface area (TPSA) is 82.5 Å². The number of hydrogen-bond acceptors (Lipinski definition) is 7. The second-order valence-electron chi connectivity index (χ2n) is 6.66. The molecule has 3 aliphatic rings. The lowest BCUT2D eigenvalue weighted by Gasteiger charge is -2.59. The molecular formula is C17H22N2O5. The van der Waals surface area contributed by atoms with Crippen molar-refractivity contribution in [2.24, 2.45) is 0 Å². The van der Waals surface area contributed by atoms with Crippen LogP contribution in [0.25, 0.3) is 0 Å². The van der Waals surface area contributed by atoms with Gasteiger partial charge in [0, 0.05) is 11.1 Å². The first kappa shape index (κ1) is 16.1. The third-order valence-corrected chi connectivity index (χ3v) is 5.68. The maximum absolute atomic E-state index is 13.0. The zero-order chi connectivity index (χ0) is 17.1. The van der Waals surface area contributed by atoms with E-state index in [0.29, 0.717) is 5.56 Å². The van der Waals surface area contributed by atoms with Crippen molar-refractivity contribution >= 4 is 5.78 Å². The first-order valence-electron chi connectivity index (χ1n) is 8.27. The summed E-state index contributed by atoms with van der Waals surface area (Å²) in [5.41, 5.74) is -3.65. The standard InChI is InChI=1S/C17H22N2O5/c1-23-18-13-9-5-6-10-14(13)19(24-2)17(22)15(20)11-7-3-4-8-12(11)16(17,18)21/h3-4,7-8,13-14,21-22H,5-6,9-10H2,1-2H3/t13-,14+,16-,17-/m1/s1. The number of hydroxylamine groups is 4. The zero-order valence-corrected chi connectivity index (χ0v) is 13.8. The predicted molar refractivity (Wildman–Crippen MR) is 83.4 cm³/mol. The van der Waals surface area contributed by atoms with E-state index in [-0.39, 0.29) is 17.6 Å². The van der Waals surface area contributed by atoms with Gasteiger partial charge in [-0.05, 0) is 12.8 Å². The van der Waals surface area contributed by atoms with E-state index in [4.69, 9.17) is 9.68 Å². The number of fused-ring (bicyclic) bond motifs is 4. The molecule has 1 aromatic rings. The molecule has 0 spiro atoms. The lowest BCUT2D eigenvalue weighted by atomic mass is 9.81. The highest BCUT2D eigenvalue weighted by molar-refractivity contribution is 6.08. The summed E-state index contributed by atoms with van der Waals surface area (Å²) in [6, 6.07) is 6.27. The summed E-state index contributed by atoms with van der Waals surface area (Å²) >= 11 is 0. The SMILES string of the molecule is CON1[C@H]2CCCC[C@H]2N(OC)[C@@]2(O)c3ccccc3C(=O)[C@]12O. The summed E-state index contributed by atoms with van der Waals surface area (Å²) < 4.78 is 0. The highest BCUT2D eigenvalue weighted by Crippen LogP contribution is 2.54. The van der Waals surface area contributed by atoms with Gasteiger partial charge < -0.3 is 10.2 Å². The quantitative estimate of drug-likeness (QED) is 0.826. The van der Waals surface area contributed by atoms with Crippen molar-refractivity contribution in [2.75, 3.05) is 14.2 Å². The van der Waals surface area contributed by atoms with Gasteiger partial charge in [0.1, 0.15) is 0 Å². The van der Waals surface area contributed by atoms with E-state index in [1.54, 1.807) is 24.3 Å². The minimum Gasteiger partial charge on any atom is -0.366 e. The Bertz CT molecular complexity index is 683. The molecule has 1 aromatic carbocycles. The van der Waals surface area contributed by atoms with Crippen LogP contribution in [0.15, 0.2) is 24.3 Å². The summed E-state index contributed by atoms with van der Waals surface area (Å²) in [6.07, 6.45) is 3.49. The van der Waals surface area contributed by atoms with E-state index < -0.39 is 17.2 Å². The van der Waals surface area contributed by atoms with Gasteiger partial charge in [0.05, 0.1) is 26.3 Å². The van der Waals surface area contributed by atoms with Crippen LogP contribution in [0.5, 0.6) is 0 Å². The molecule has 1 heterocycles. The number of rotatable bonds is 2. The number of Topliss-reactive ketones (excluding diaryl/α,β-unsaturated/α-hetero) is 1. The molecule has 2 fully saturated rings. The van der Waals surface area contributed by atoms with E-state index in [1.807, 2.05) is 0 Å². The molecule has 1 saturated carbocycles. The molecule has 2 aliphatic carbocycles. The summed E-state index contributed by atoms with van der Waals surface area (Å²) in [6.45, 7) is 0. The largest absolute Gasteiger partial charge is 0.366 e. The Balaban J connectivity index is 1.97. The third kappa shape index (κ3) is 1.64. The van der Waals surface area contributed by atoms with Gasteiger partial charge in [0.25, 0.3) is 5.72 Å². The van der Waals surface area contributed by atoms with Gasteiger partial charge in [0.15, 0.2) is 0 Å². The minimum atomic E-state index is -2.25. The maximum atomic E-state index is 13.0. The van der Waals surface area contributed by atoms with Crippen LogP contribution >= 0.6 is 0 Å². The van der Waals surface area contributed by atoms with Crippen LogP contribution in [-0.2, 0) is 15.4 Å². The summed E-state index contributed by atoms with van der Waals surface area (Å²) in [7, 11) is 2.88. The van der Waals surface area contributed by atoms with Gasteiger partial charge in [-0.3, -0.25) is 14.5 Å². The molecule has 1 aliphatic heterocycles. The van der Waals surface area contributed by atoms with Gasteiger partial charge in [-0.15, -0.1) is 10.1 Å². The van der Waals surface area contributed by atoms with Crippen LogP contribution in [0.3, 0.4) is 0 Å². The predicted octanol–water partition coefficient (Wildman–Crippen LogP) is 0.768. The minimum absolute atomic E-state index is 0.187. The molecule has 0 unspecified atom stereocenters. The second kappa shape index (κ2) is 5.32. The van der Waals surface area contributed by atoms with Crippen LogP contribution in [0, 0.1) is 0 Å². The Kier molecular flexibility index (Phi) is 3.58. The zero-order valence-electron chi connectivity index (χ0n) is 13.8. The molecule has 2 N–H and O–H groups in total. The lowest BCUT2D eigenvalue weighted by Crippen LogP contribution is -2.79. The smallest absolute Gasteiger partial charge is 0.255 e. The Hall–Kier alpha value is -1.35. The van der Waals surface area contributed by atoms with Gasteiger partial charge in [-0.2, -0.15) is 0 Å². The monoisotopic (exact) mass is 334 g/mol. The van der Waals surface area contributed by atoms with Gasteiger partial charge >= 0.3 is 0 Å². The number of piperazine rings is 1. The molecule has 7 nitrogen and oxygen atoms in total. The fourth-order valence-corrected chi connectivity index (χ4v) is 4.70. The molecule has 130 valence electrons. The fraction of sp³-hybridized carbons (Fsp3) is 0.588. The van der Waals surface area contributed by atoms with Crippen LogP contribution in [0.1, 0.15) is 41.6 Å². The molecule has 4 rings (SSSR count). The highest BCUT2D eigenvalue weighted by atomic mass is 16.7. The number of carbonyl (C=O) groups excluding carboxylic acids is 1. The van der Waals surface area contributed by atoms with Gasteiger partial charge in [0.2, 0.25) is 11.5 Å². The van der Waals surface area contributed by atoms with Gasteiger partial charge in [-0.1, -0.05) is 37.1 Å². The Morgan fingerprint density at radius 1 is 1.00 bits per heavy atom. The normalized spacial score (nSPS) is 39.4. The molecular weight excluding hydrogens is 312 g/mol. The van der Waals surface area contributed by atoms with Crippen LogP contribution in [0.2, 0.25) is 0 Å². The molecule has 0 radical (unpaired) electrons. The number of carbonyl (C=O) groups is 1. The molecule has 7 heteroatoms. The summed E-state index contributed by atoms with van der Waals surface area (Å²) in [5, 5.41) is 25.7. The van der Waals surface area contributed by atoms with E-state index in [0.717, 1.165) is 25.7 Å². The lowest BCUT2D eigenvalue weighted by molar-refractivity contribution is -0.455. The third-order valence-electron chi connectivity index (χ3n) is 5.68. The average molecular weight is 334 g/mol. The van der Waals surface area contributed by atoms with E-state index >= 15 is 0 Å². The van der Waals surface area contributed by atoms with E-state index in [1.165, 1.54) is 24.3 Å². The Labute approximate surface area is 140 Å². The van der Waals surface area contributed by atoms with Crippen molar-refractivity contribution in [3.8, 4) is 0 Å². The molecule has 0 amide bonds. The van der Waals surface area contributed by atoms with Crippen molar-refractivity contribution in [1.82, 2.24) is 10.1 Å². The molecule has 4 atom stereocenters. The average Bonchev–Trinajstić information content (AvgIpc) is 2.79. The van der Waals surface area contributed by atoms with Crippen molar-refractivity contribution in [1.29, 1.82) is 0 Å². The Morgan fingerprint density at radius 2 is 1.54 bits per heavy atom. The first-order chi connectivity index (χ1) is 11.5. The van der Waals surface area contributed by atoms with Crippen LogP contribution in [0.4, 0.5) is 0 Å². The van der Waals surface area contributed by atoms with Gasteiger partial charge in [-0.25, -0.2) is 0 Å². The highest BCUT2D eigenvalue weighted by Gasteiger charge is 2.75. The number of aliphatic hydroxyl groups is 2. The first-order valence-corrected chi connectivity index (χ1v) is 8.27. The second-order valence-corrected chi connectivity index (χ2v) is 6.66. The number of hydrogen-bond donors (Lipinski definition) is 2. The maximum Gasteiger partial charge on any atom is 0.255 e. The Morgan fingerprint density at radius 3 is 2.12 bits per heavy atom. The van der Waals surface area contributed by atoms with E-state index in [9.17, 15) is 15.0 Å². The number of benzene rings is 1. The molecule has 0 aromatic heterocycles. The van der Waals surface area contributed by atoms with Crippen LogP contribution in [-0.4, -0.2) is 58.2 Å².